The Hall–Kier alpha value is -1.76. The molecular formula is C13H23N5O2. The van der Waals surface area contributed by atoms with Gasteiger partial charge in [0.05, 0.1) is 17.9 Å². The van der Waals surface area contributed by atoms with Crippen LogP contribution in [0.1, 0.15) is 24.1 Å². The van der Waals surface area contributed by atoms with Crippen LogP contribution in [0.15, 0.2) is 5.16 Å². The molecule has 0 aromatic carbocycles. The molecule has 0 unspecified atom stereocenters. The van der Waals surface area contributed by atoms with Gasteiger partial charge in [-0.25, -0.2) is 0 Å². The lowest BCUT2D eigenvalue weighted by Gasteiger charge is -2.20. The summed E-state index contributed by atoms with van der Waals surface area (Å²) in [5.74, 6) is 1.68. The number of likely N-dealkylation sites (N-methyl/N-ethyl adjacent to an activating group) is 1. The van der Waals surface area contributed by atoms with E-state index in [9.17, 15) is 0 Å². The lowest BCUT2D eigenvalue weighted by atomic mass is 10.2. The number of rotatable bonds is 7. The van der Waals surface area contributed by atoms with Crippen LogP contribution in [0.25, 0.3) is 0 Å². The molecule has 0 amide bonds. The van der Waals surface area contributed by atoms with Gasteiger partial charge in [-0.05, 0) is 25.7 Å². The van der Waals surface area contributed by atoms with E-state index in [1.165, 1.54) is 12.8 Å². The predicted molar refractivity (Wildman–Crippen MR) is 77.3 cm³/mol. The van der Waals surface area contributed by atoms with Crippen LogP contribution in [0, 0.1) is 12.8 Å². The van der Waals surface area contributed by atoms with Crippen LogP contribution in [-0.4, -0.2) is 47.6 Å². The summed E-state index contributed by atoms with van der Waals surface area (Å²) in [7, 11) is 3.79. The van der Waals surface area contributed by atoms with Gasteiger partial charge < -0.3 is 20.6 Å². The summed E-state index contributed by atoms with van der Waals surface area (Å²) in [5, 5.41) is 16.3. The minimum absolute atomic E-state index is 0.0800. The number of nitrogens with zero attached hydrogens (tertiary/aromatic N) is 4. The molecule has 0 aliphatic heterocycles. The van der Waals surface area contributed by atoms with Crippen LogP contribution in [0.2, 0.25) is 0 Å². The maximum absolute atomic E-state index is 8.89. The fraction of sp³-hybridized carbons (Fsp3) is 0.692. The van der Waals surface area contributed by atoms with Gasteiger partial charge in [-0.3, -0.25) is 4.68 Å². The Morgan fingerprint density at radius 1 is 1.60 bits per heavy atom. The highest BCUT2D eigenvalue weighted by Gasteiger charge is 2.22. The second kappa shape index (κ2) is 6.13. The van der Waals surface area contributed by atoms with Crippen molar-refractivity contribution >= 4 is 11.7 Å². The largest absolute Gasteiger partial charge is 0.409 e. The van der Waals surface area contributed by atoms with Crippen LogP contribution in [0.4, 0.5) is 5.82 Å². The highest BCUT2D eigenvalue weighted by atomic mass is 16.5. The highest BCUT2D eigenvalue weighted by Crippen LogP contribution is 2.28. The van der Waals surface area contributed by atoms with Crippen molar-refractivity contribution in [3.8, 4) is 0 Å². The average Bonchev–Trinajstić information content (AvgIpc) is 3.18. The zero-order chi connectivity index (χ0) is 14.7. The van der Waals surface area contributed by atoms with Crippen molar-refractivity contribution in [1.29, 1.82) is 0 Å². The Morgan fingerprint density at radius 2 is 2.30 bits per heavy atom. The Kier molecular flexibility index (Phi) is 4.49. The van der Waals surface area contributed by atoms with E-state index in [-0.39, 0.29) is 5.84 Å². The van der Waals surface area contributed by atoms with Crippen LogP contribution < -0.4 is 10.6 Å². The number of oxime groups is 1. The molecule has 1 saturated carbocycles. The standard InChI is InChI=1S/C13H23N5O2/c1-9-11(12(14)16-19)13(18(3)15-9)17(2)6-7-20-8-10-4-5-10/h10,19H,4-8H2,1-3H3,(H2,14,16). The molecule has 1 aliphatic carbocycles. The summed E-state index contributed by atoms with van der Waals surface area (Å²) in [6.07, 6.45) is 2.59. The predicted octanol–water partition coefficient (Wildman–Crippen LogP) is 0.686. The van der Waals surface area contributed by atoms with Gasteiger partial charge in [0.1, 0.15) is 5.82 Å². The summed E-state index contributed by atoms with van der Waals surface area (Å²) in [5.41, 5.74) is 7.14. The van der Waals surface area contributed by atoms with Gasteiger partial charge in [0, 0.05) is 27.2 Å². The zero-order valence-corrected chi connectivity index (χ0v) is 12.3. The van der Waals surface area contributed by atoms with Crippen molar-refractivity contribution in [2.45, 2.75) is 19.8 Å². The fourth-order valence-corrected chi connectivity index (χ4v) is 2.28. The van der Waals surface area contributed by atoms with Crippen LogP contribution in [-0.2, 0) is 11.8 Å². The van der Waals surface area contributed by atoms with Gasteiger partial charge in [0.25, 0.3) is 0 Å². The number of nitrogens with two attached hydrogens (primary N) is 1. The molecule has 112 valence electrons. The number of hydrogen-bond donors (Lipinski definition) is 2. The third-order valence-electron chi connectivity index (χ3n) is 3.54. The summed E-state index contributed by atoms with van der Waals surface area (Å²) < 4.78 is 7.38. The molecule has 2 rings (SSSR count). The van der Waals surface area contributed by atoms with Crippen molar-refractivity contribution in [1.82, 2.24) is 9.78 Å². The number of amidine groups is 1. The molecular weight excluding hydrogens is 258 g/mol. The molecule has 0 atom stereocenters. The second-order valence-corrected chi connectivity index (χ2v) is 5.33. The van der Waals surface area contributed by atoms with Crippen molar-refractivity contribution in [2.24, 2.45) is 23.9 Å². The molecule has 7 nitrogen and oxygen atoms in total. The number of aryl methyl sites for hydroxylation is 2. The average molecular weight is 281 g/mol. The molecule has 3 N–H and O–H groups in total. The number of aromatic nitrogens is 2. The van der Waals surface area contributed by atoms with Crippen LogP contribution in [0.3, 0.4) is 0 Å². The van der Waals surface area contributed by atoms with Crippen molar-refractivity contribution in [3.63, 3.8) is 0 Å². The Bertz CT molecular complexity index is 493. The van der Waals surface area contributed by atoms with Crippen molar-refractivity contribution < 1.29 is 9.94 Å². The summed E-state index contributed by atoms with van der Waals surface area (Å²) >= 11 is 0. The molecule has 1 aliphatic rings. The van der Waals surface area contributed by atoms with E-state index in [1.54, 1.807) is 4.68 Å². The number of anilines is 1. The maximum Gasteiger partial charge on any atom is 0.175 e. The quantitative estimate of drug-likeness (QED) is 0.252. The lowest BCUT2D eigenvalue weighted by molar-refractivity contribution is 0.130. The van der Waals surface area contributed by atoms with Gasteiger partial charge in [-0.1, -0.05) is 5.16 Å². The second-order valence-electron chi connectivity index (χ2n) is 5.33. The smallest absolute Gasteiger partial charge is 0.175 e. The first-order chi connectivity index (χ1) is 9.54. The van der Waals surface area contributed by atoms with Crippen molar-refractivity contribution in [3.05, 3.63) is 11.3 Å². The van der Waals surface area contributed by atoms with Gasteiger partial charge in [-0.15, -0.1) is 0 Å². The minimum atomic E-state index is 0.0800. The fourth-order valence-electron chi connectivity index (χ4n) is 2.28. The lowest BCUT2D eigenvalue weighted by Crippen LogP contribution is -2.28. The summed E-state index contributed by atoms with van der Waals surface area (Å²) in [4.78, 5) is 2.01. The van der Waals surface area contributed by atoms with Crippen LogP contribution in [0.5, 0.6) is 0 Å². The van der Waals surface area contributed by atoms with Crippen molar-refractivity contribution in [2.75, 3.05) is 31.7 Å². The Balaban J connectivity index is 2.01. The molecule has 1 fully saturated rings. The van der Waals surface area contributed by atoms with Gasteiger partial charge in [0.15, 0.2) is 5.84 Å². The van der Waals surface area contributed by atoms with E-state index in [0.29, 0.717) is 12.2 Å². The normalized spacial score (nSPS) is 15.7. The molecule has 20 heavy (non-hydrogen) atoms. The first-order valence-electron chi connectivity index (χ1n) is 6.85. The topological polar surface area (TPSA) is 88.9 Å². The maximum atomic E-state index is 8.89. The number of ether oxygens (including phenoxy) is 1. The van der Waals surface area contributed by atoms with Crippen LogP contribution >= 0.6 is 0 Å². The molecule has 1 heterocycles. The molecule has 0 spiro atoms. The SMILES string of the molecule is Cc1nn(C)c(N(C)CCOCC2CC2)c1C(N)=NO. The molecule has 0 bridgehead atoms. The van der Waals surface area contributed by atoms with E-state index >= 15 is 0 Å². The first-order valence-corrected chi connectivity index (χ1v) is 6.85. The van der Waals surface area contributed by atoms with E-state index in [4.69, 9.17) is 15.7 Å². The van der Waals surface area contributed by atoms with Gasteiger partial charge in [0.2, 0.25) is 0 Å². The molecule has 1 aromatic rings. The molecule has 0 saturated heterocycles. The molecule has 1 aromatic heterocycles. The highest BCUT2D eigenvalue weighted by molar-refractivity contribution is 6.02. The monoisotopic (exact) mass is 281 g/mol. The third-order valence-corrected chi connectivity index (χ3v) is 3.54. The first kappa shape index (κ1) is 14.6. The summed E-state index contributed by atoms with van der Waals surface area (Å²) in [6, 6.07) is 0. The van der Waals surface area contributed by atoms with Gasteiger partial charge in [-0.2, -0.15) is 5.10 Å². The Morgan fingerprint density at radius 3 is 2.90 bits per heavy atom. The summed E-state index contributed by atoms with van der Waals surface area (Å²) in [6.45, 7) is 4.09. The van der Waals surface area contributed by atoms with E-state index in [1.807, 2.05) is 25.9 Å². The van der Waals surface area contributed by atoms with Gasteiger partial charge >= 0.3 is 0 Å². The Labute approximate surface area is 119 Å². The minimum Gasteiger partial charge on any atom is -0.409 e. The van der Waals surface area contributed by atoms with E-state index < -0.39 is 0 Å². The number of hydrogen-bond acceptors (Lipinski definition) is 5. The molecule has 7 heteroatoms. The third kappa shape index (κ3) is 3.22. The van der Waals surface area contributed by atoms with E-state index in [2.05, 4.69) is 10.3 Å². The zero-order valence-electron chi connectivity index (χ0n) is 12.3. The van der Waals surface area contributed by atoms with E-state index in [0.717, 1.165) is 30.6 Å². The molecule has 0 radical (unpaired) electrons.